The number of aryl methyl sites for hydroxylation is 1. The molecule has 1 fully saturated rings. The van der Waals surface area contributed by atoms with Gasteiger partial charge in [0, 0.05) is 5.56 Å². The molecule has 104 valence electrons. The minimum absolute atomic E-state index is 0.179. The Morgan fingerprint density at radius 3 is 2.55 bits per heavy atom. The smallest absolute Gasteiger partial charge is 0.258 e. The molecule has 0 atom stereocenters. The van der Waals surface area contributed by atoms with Crippen LogP contribution in [0.2, 0.25) is 0 Å². The molecule has 0 aliphatic heterocycles. The Kier molecular flexibility index (Phi) is 3.50. The number of hydrogen-bond donors (Lipinski definition) is 2. The van der Waals surface area contributed by atoms with E-state index in [-0.39, 0.29) is 5.91 Å². The maximum absolute atomic E-state index is 12.1. The zero-order valence-electron chi connectivity index (χ0n) is 11.5. The molecule has 1 aliphatic carbocycles. The van der Waals surface area contributed by atoms with Crippen LogP contribution >= 0.6 is 0 Å². The molecule has 1 aromatic carbocycles. The molecule has 5 heteroatoms. The van der Waals surface area contributed by atoms with Crippen molar-refractivity contribution in [3.63, 3.8) is 0 Å². The topological polar surface area (TPSA) is 70.7 Å². The van der Waals surface area contributed by atoms with Gasteiger partial charge in [0.1, 0.15) is 5.82 Å². The van der Waals surface area contributed by atoms with E-state index in [4.69, 9.17) is 0 Å². The second kappa shape index (κ2) is 5.45. The van der Waals surface area contributed by atoms with Crippen molar-refractivity contribution in [1.82, 2.24) is 15.2 Å². The molecule has 1 amide bonds. The highest BCUT2D eigenvalue weighted by atomic mass is 16.1. The maximum atomic E-state index is 12.1. The van der Waals surface area contributed by atoms with Crippen LogP contribution in [0, 0.1) is 6.92 Å². The van der Waals surface area contributed by atoms with E-state index in [2.05, 4.69) is 32.6 Å². The Hall–Kier alpha value is -2.17. The van der Waals surface area contributed by atoms with Crippen LogP contribution in [0.15, 0.2) is 24.3 Å². The fourth-order valence-electron chi connectivity index (χ4n) is 2.74. The lowest BCUT2D eigenvalue weighted by atomic mass is 9.97. The fraction of sp³-hybridized carbons (Fsp3) is 0.400. The highest BCUT2D eigenvalue weighted by molar-refractivity contribution is 6.03. The number of H-pyrrole nitrogens is 1. The van der Waals surface area contributed by atoms with E-state index < -0.39 is 0 Å². The first-order valence-corrected chi connectivity index (χ1v) is 7.03. The number of carbonyl (C=O) groups excluding carboxylic acids is 1. The summed E-state index contributed by atoms with van der Waals surface area (Å²) in [6, 6.07) is 7.88. The molecular weight excluding hydrogens is 252 g/mol. The van der Waals surface area contributed by atoms with Gasteiger partial charge in [-0.2, -0.15) is 4.98 Å². The quantitative estimate of drug-likeness (QED) is 0.900. The lowest BCUT2D eigenvalue weighted by Gasteiger charge is -2.09. The van der Waals surface area contributed by atoms with Gasteiger partial charge in [-0.15, -0.1) is 5.10 Å². The van der Waals surface area contributed by atoms with Crippen LogP contribution in [0.4, 0.5) is 5.95 Å². The van der Waals surface area contributed by atoms with Gasteiger partial charge in [0.2, 0.25) is 5.95 Å². The average molecular weight is 270 g/mol. The third-order valence-electron chi connectivity index (χ3n) is 3.82. The first-order chi connectivity index (χ1) is 9.72. The highest BCUT2D eigenvalue weighted by Gasteiger charge is 2.17. The van der Waals surface area contributed by atoms with E-state index in [1.165, 1.54) is 31.2 Å². The number of benzene rings is 1. The van der Waals surface area contributed by atoms with Crippen LogP contribution in [0.5, 0.6) is 0 Å². The van der Waals surface area contributed by atoms with E-state index >= 15 is 0 Å². The Bertz CT molecular complexity index is 597. The molecule has 5 nitrogen and oxygen atoms in total. The van der Waals surface area contributed by atoms with Crippen molar-refractivity contribution in [2.24, 2.45) is 0 Å². The second-order valence-electron chi connectivity index (χ2n) is 5.30. The first-order valence-electron chi connectivity index (χ1n) is 7.03. The second-order valence-corrected chi connectivity index (χ2v) is 5.30. The number of aromatic nitrogens is 3. The Balaban J connectivity index is 1.68. The zero-order valence-corrected chi connectivity index (χ0v) is 11.5. The molecular formula is C15H18N4O. The number of nitrogens with one attached hydrogen (secondary N) is 2. The summed E-state index contributed by atoms with van der Waals surface area (Å²) in [5.74, 6) is 1.48. The number of anilines is 1. The molecule has 0 bridgehead atoms. The van der Waals surface area contributed by atoms with Crippen molar-refractivity contribution in [2.75, 3.05) is 5.32 Å². The number of amides is 1. The van der Waals surface area contributed by atoms with Gasteiger partial charge in [-0.3, -0.25) is 15.2 Å². The molecule has 20 heavy (non-hydrogen) atoms. The van der Waals surface area contributed by atoms with Crippen LogP contribution in [-0.2, 0) is 0 Å². The molecule has 1 saturated carbocycles. The van der Waals surface area contributed by atoms with Gasteiger partial charge in [-0.1, -0.05) is 25.0 Å². The number of hydrogen-bond acceptors (Lipinski definition) is 3. The summed E-state index contributed by atoms with van der Waals surface area (Å²) in [5.41, 5.74) is 1.97. The standard InChI is InChI=1S/C15H18N4O/c1-10-16-15(19-18-10)17-14(20)13-8-6-12(7-9-13)11-4-2-3-5-11/h6-9,11H,2-5H2,1H3,(H2,16,17,18,19,20). The van der Waals surface area contributed by atoms with Gasteiger partial charge in [-0.25, -0.2) is 0 Å². The Morgan fingerprint density at radius 2 is 1.95 bits per heavy atom. The molecule has 0 spiro atoms. The molecule has 0 radical (unpaired) electrons. The van der Waals surface area contributed by atoms with Crippen molar-refractivity contribution in [2.45, 2.75) is 38.5 Å². The third kappa shape index (κ3) is 2.71. The Labute approximate surface area is 117 Å². The minimum Gasteiger partial charge on any atom is -0.289 e. The lowest BCUT2D eigenvalue weighted by Crippen LogP contribution is -2.13. The predicted molar refractivity (Wildman–Crippen MR) is 76.7 cm³/mol. The van der Waals surface area contributed by atoms with Crippen LogP contribution in [0.25, 0.3) is 0 Å². The van der Waals surface area contributed by atoms with E-state index in [9.17, 15) is 4.79 Å². The SMILES string of the molecule is Cc1nc(NC(=O)c2ccc(C3CCCC3)cc2)n[nH]1. The van der Waals surface area contributed by atoms with Crippen molar-refractivity contribution in [3.05, 3.63) is 41.2 Å². The fourth-order valence-corrected chi connectivity index (χ4v) is 2.74. The van der Waals surface area contributed by atoms with Gasteiger partial charge < -0.3 is 0 Å². The lowest BCUT2D eigenvalue weighted by molar-refractivity contribution is 0.102. The molecule has 0 unspecified atom stereocenters. The number of carbonyl (C=O) groups is 1. The summed E-state index contributed by atoms with van der Waals surface area (Å²) in [6.07, 6.45) is 5.16. The van der Waals surface area contributed by atoms with Crippen LogP contribution in [-0.4, -0.2) is 21.1 Å². The monoisotopic (exact) mass is 270 g/mol. The third-order valence-corrected chi connectivity index (χ3v) is 3.82. The summed E-state index contributed by atoms with van der Waals surface area (Å²) in [7, 11) is 0. The summed E-state index contributed by atoms with van der Waals surface area (Å²) >= 11 is 0. The summed E-state index contributed by atoms with van der Waals surface area (Å²) in [5, 5.41) is 9.27. The van der Waals surface area contributed by atoms with E-state index in [0.717, 1.165) is 0 Å². The highest BCUT2D eigenvalue weighted by Crippen LogP contribution is 2.33. The van der Waals surface area contributed by atoms with E-state index in [1.54, 1.807) is 6.92 Å². The number of nitrogens with zero attached hydrogens (tertiary/aromatic N) is 2. The van der Waals surface area contributed by atoms with Crippen LogP contribution < -0.4 is 5.32 Å². The average Bonchev–Trinajstić information content (AvgIpc) is 3.11. The van der Waals surface area contributed by atoms with Gasteiger partial charge in [0.25, 0.3) is 5.91 Å². The summed E-state index contributed by atoms with van der Waals surface area (Å²) in [4.78, 5) is 16.1. The molecule has 2 N–H and O–H groups in total. The largest absolute Gasteiger partial charge is 0.289 e. The normalized spacial score (nSPS) is 15.4. The first kappa shape index (κ1) is 12.8. The molecule has 1 heterocycles. The zero-order chi connectivity index (χ0) is 13.9. The van der Waals surface area contributed by atoms with Crippen molar-refractivity contribution in [1.29, 1.82) is 0 Å². The van der Waals surface area contributed by atoms with Crippen molar-refractivity contribution >= 4 is 11.9 Å². The van der Waals surface area contributed by atoms with Gasteiger partial charge in [-0.05, 0) is 43.4 Å². The van der Waals surface area contributed by atoms with Crippen molar-refractivity contribution < 1.29 is 4.79 Å². The molecule has 1 aliphatic rings. The van der Waals surface area contributed by atoms with E-state index in [1.807, 2.05) is 12.1 Å². The maximum Gasteiger partial charge on any atom is 0.258 e. The van der Waals surface area contributed by atoms with Crippen molar-refractivity contribution in [3.8, 4) is 0 Å². The van der Waals surface area contributed by atoms with E-state index in [0.29, 0.717) is 23.3 Å². The molecule has 2 aromatic rings. The Morgan fingerprint density at radius 1 is 1.25 bits per heavy atom. The number of rotatable bonds is 3. The molecule has 1 aromatic heterocycles. The summed E-state index contributed by atoms with van der Waals surface area (Å²) in [6.45, 7) is 1.79. The van der Waals surface area contributed by atoms with Gasteiger partial charge in [0.15, 0.2) is 0 Å². The summed E-state index contributed by atoms with van der Waals surface area (Å²) < 4.78 is 0. The molecule has 0 saturated heterocycles. The van der Waals surface area contributed by atoms with Gasteiger partial charge in [0.05, 0.1) is 0 Å². The predicted octanol–water partition coefficient (Wildman–Crippen LogP) is 3.02. The molecule has 3 rings (SSSR count). The van der Waals surface area contributed by atoms with Crippen LogP contribution in [0.3, 0.4) is 0 Å². The van der Waals surface area contributed by atoms with Crippen LogP contribution in [0.1, 0.15) is 53.3 Å². The number of aromatic amines is 1. The van der Waals surface area contributed by atoms with Gasteiger partial charge >= 0.3 is 0 Å². The minimum atomic E-state index is -0.179.